The zero-order chi connectivity index (χ0) is 13.6. The number of rotatable bonds is 3. The maximum atomic E-state index is 11.8. The molecule has 0 radical (unpaired) electrons. The van der Waals surface area contributed by atoms with Gasteiger partial charge in [-0.1, -0.05) is 0 Å². The molecule has 1 aliphatic rings. The molecule has 0 bridgehead atoms. The van der Waals surface area contributed by atoms with Crippen molar-refractivity contribution in [3.05, 3.63) is 12.4 Å². The number of anilines is 1. The van der Waals surface area contributed by atoms with Gasteiger partial charge in [-0.25, -0.2) is 0 Å². The molecule has 2 heterocycles. The number of carbonyl (C=O) groups excluding carboxylic acids is 1. The normalized spacial score (nSPS) is 20.3. The lowest BCUT2D eigenvalue weighted by Crippen LogP contribution is -2.16. The van der Waals surface area contributed by atoms with Crippen molar-refractivity contribution in [2.24, 2.45) is 13.0 Å². The highest BCUT2D eigenvalue weighted by atomic mass is 35.5. The van der Waals surface area contributed by atoms with Gasteiger partial charge in [-0.3, -0.25) is 9.48 Å². The predicted octanol–water partition coefficient (Wildman–Crippen LogP) is 2.07. The molecule has 1 saturated carbocycles. The van der Waals surface area contributed by atoms with Gasteiger partial charge in [0.2, 0.25) is 11.0 Å². The average Bonchev–Trinajstić information content (AvgIpc) is 2.73. The van der Waals surface area contributed by atoms with E-state index in [9.17, 15) is 4.79 Å². The van der Waals surface area contributed by atoms with E-state index in [4.69, 9.17) is 23.2 Å². The third-order valence-electron chi connectivity index (χ3n) is 2.76. The molecule has 3 rings (SSSR count). The van der Waals surface area contributed by atoms with Crippen molar-refractivity contribution in [1.82, 2.24) is 19.1 Å². The van der Waals surface area contributed by atoms with Gasteiger partial charge in [0, 0.05) is 24.8 Å². The van der Waals surface area contributed by atoms with Gasteiger partial charge in [-0.2, -0.15) is 14.5 Å². The molecule has 0 aromatic carbocycles. The number of hydrogen-bond donors (Lipinski definition) is 1. The number of halogens is 2. The lowest BCUT2D eigenvalue weighted by molar-refractivity contribution is -0.117. The Morgan fingerprint density at radius 2 is 2.37 bits per heavy atom. The lowest BCUT2D eigenvalue weighted by atomic mass is 10.3. The summed E-state index contributed by atoms with van der Waals surface area (Å²) in [7, 11) is 1.81. The fraction of sp³-hybridized carbons (Fsp3) is 0.400. The Morgan fingerprint density at radius 3 is 2.95 bits per heavy atom. The highest BCUT2D eigenvalue weighted by Crippen LogP contribution is 2.53. The Morgan fingerprint density at radius 1 is 1.63 bits per heavy atom. The Kier molecular flexibility index (Phi) is 2.99. The van der Waals surface area contributed by atoms with E-state index in [1.165, 1.54) is 0 Å². The van der Waals surface area contributed by atoms with Crippen LogP contribution in [0.5, 0.6) is 0 Å². The van der Waals surface area contributed by atoms with Gasteiger partial charge in [-0.05, 0) is 6.42 Å². The smallest absolute Gasteiger partial charge is 0.232 e. The standard InChI is InChI=1S/C10H9Cl2N5OS/c1-17-4-5(3-13-17)7-14-9(19-16-7)15-8(18)6-2-10(6,11)12/h3-4,6H,2H2,1H3,(H,14,15,16,18). The number of amides is 1. The van der Waals surface area contributed by atoms with Gasteiger partial charge in [0.1, 0.15) is 4.33 Å². The number of alkyl halides is 2. The van der Waals surface area contributed by atoms with Gasteiger partial charge in [0.25, 0.3) is 0 Å². The van der Waals surface area contributed by atoms with E-state index in [1.54, 1.807) is 17.1 Å². The van der Waals surface area contributed by atoms with E-state index >= 15 is 0 Å². The van der Waals surface area contributed by atoms with E-state index < -0.39 is 4.33 Å². The summed E-state index contributed by atoms with van der Waals surface area (Å²) in [5.41, 5.74) is 0.801. The van der Waals surface area contributed by atoms with Crippen molar-refractivity contribution in [2.75, 3.05) is 5.32 Å². The largest absolute Gasteiger partial charge is 0.300 e. The summed E-state index contributed by atoms with van der Waals surface area (Å²) in [5.74, 6) is -0.0623. The van der Waals surface area contributed by atoms with Gasteiger partial charge < -0.3 is 5.32 Å². The van der Waals surface area contributed by atoms with Gasteiger partial charge >= 0.3 is 0 Å². The van der Waals surface area contributed by atoms with Gasteiger partial charge in [0.05, 0.1) is 17.7 Å². The monoisotopic (exact) mass is 317 g/mol. The molecule has 2 aromatic rings. The Hall–Kier alpha value is -1.18. The number of carbonyl (C=O) groups is 1. The Bertz CT molecular complexity index is 637. The molecule has 0 spiro atoms. The lowest BCUT2D eigenvalue weighted by Gasteiger charge is -1.99. The zero-order valence-electron chi connectivity index (χ0n) is 9.80. The second-order valence-electron chi connectivity index (χ2n) is 4.33. The molecule has 9 heteroatoms. The molecule has 0 aliphatic heterocycles. The second-order valence-corrected chi connectivity index (χ2v) is 6.63. The van der Waals surface area contributed by atoms with Gasteiger partial charge in [-0.15, -0.1) is 23.2 Å². The minimum Gasteiger partial charge on any atom is -0.300 e. The maximum absolute atomic E-state index is 11.8. The summed E-state index contributed by atoms with van der Waals surface area (Å²) in [6.45, 7) is 0. The van der Waals surface area contributed by atoms with E-state index in [-0.39, 0.29) is 11.8 Å². The van der Waals surface area contributed by atoms with Crippen LogP contribution in [0.3, 0.4) is 0 Å². The fourth-order valence-electron chi connectivity index (χ4n) is 1.62. The fourth-order valence-corrected chi connectivity index (χ4v) is 2.72. The summed E-state index contributed by atoms with van der Waals surface area (Å²) in [6, 6.07) is 0. The molecule has 6 nitrogen and oxygen atoms in total. The van der Waals surface area contributed by atoms with Gasteiger partial charge in [0.15, 0.2) is 5.82 Å². The van der Waals surface area contributed by atoms with E-state index in [1.807, 2.05) is 7.05 Å². The number of aromatic nitrogens is 4. The number of nitrogens with one attached hydrogen (secondary N) is 1. The molecule has 1 unspecified atom stereocenters. The predicted molar refractivity (Wildman–Crippen MR) is 73.3 cm³/mol. The molecule has 100 valence electrons. The summed E-state index contributed by atoms with van der Waals surface area (Å²) < 4.78 is 4.90. The Balaban J connectivity index is 1.70. The van der Waals surface area contributed by atoms with Crippen LogP contribution in [0.25, 0.3) is 11.4 Å². The highest BCUT2D eigenvalue weighted by molar-refractivity contribution is 7.10. The molecule has 2 aromatic heterocycles. The topological polar surface area (TPSA) is 72.7 Å². The minimum absolute atomic E-state index is 0.223. The zero-order valence-corrected chi connectivity index (χ0v) is 12.1. The molecular formula is C10H9Cl2N5OS. The molecule has 1 amide bonds. The highest BCUT2D eigenvalue weighted by Gasteiger charge is 2.56. The quantitative estimate of drug-likeness (QED) is 0.879. The van der Waals surface area contributed by atoms with Crippen molar-refractivity contribution >= 4 is 45.8 Å². The van der Waals surface area contributed by atoms with Crippen molar-refractivity contribution in [2.45, 2.75) is 10.8 Å². The second kappa shape index (κ2) is 4.43. The van der Waals surface area contributed by atoms with Crippen LogP contribution >= 0.6 is 34.7 Å². The number of nitrogens with zero attached hydrogens (tertiary/aromatic N) is 4. The summed E-state index contributed by atoms with van der Waals surface area (Å²) in [5, 5.41) is 7.14. The first kappa shape index (κ1) is 12.8. The maximum Gasteiger partial charge on any atom is 0.232 e. The van der Waals surface area contributed by atoms with E-state index in [2.05, 4.69) is 19.8 Å². The van der Waals surface area contributed by atoms with E-state index in [0.717, 1.165) is 17.1 Å². The first-order valence-electron chi connectivity index (χ1n) is 5.47. The number of aryl methyl sites for hydroxylation is 1. The molecule has 19 heavy (non-hydrogen) atoms. The summed E-state index contributed by atoms with van der Waals surface area (Å²) >= 11 is 12.8. The molecule has 1 atom stereocenters. The van der Waals surface area contributed by atoms with E-state index in [0.29, 0.717) is 17.4 Å². The third kappa shape index (κ3) is 2.58. The van der Waals surface area contributed by atoms with Crippen LogP contribution in [0.4, 0.5) is 5.13 Å². The van der Waals surface area contributed by atoms with Crippen LogP contribution in [-0.2, 0) is 11.8 Å². The minimum atomic E-state index is -0.930. The SMILES string of the molecule is Cn1cc(-c2nsc(NC(=O)C3CC3(Cl)Cl)n2)cn1. The van der Waals surface area contributed by atoms with Crippen LogP contribution in [0.15, 0.2) is 12.4 Å². The van der Waals surface area contributed by atoms with Crippen LogP contribution in [0.1, 0.15) is 6.42 Å². The number of hydrogen-bond acceptors (Lipinski definition) is 5. The third-order valence-corrected chi connectivity index (χ3v) is 4.23. The van der Waals surface area contributed by atoms with Crippen LogP contribution in [-0.4, -0.2) is 29.4 Å². The Labute approximate surface area is 122 Å². The molecule has 1 aliphatic carbocycles. The van der Waals surface area contributed by atoms with Crippen molar-refractivity contribution in [3.63, 3.8) is 0 Å². The molecule has 1 fully saturated rings. The summed E-state index contributed by atoms with van der Waals surface area (Å²) in [4.78, 5) is 16.0. The molecular weight excluding hydrogens is 309 g/mol. The molecule has 0 saturated heterocycles. The average molecular weight is 318 g/mol. The van der Waals surface area contributed by atoms with Crippen molar-refractivity contribution in [3.8, 4) is 11.4 Å². The van der Waals surface area contributed by atoms with Crippen molar-refractivity contribution in [1.29, 1.82) is 0 Å². The molecule has 1 N–H and O–H groups in total. The first-order chi connectivity index (χ1) is 8.95. The van der Waals surface area contributed by atoms with Crippen molar-refractivity contribution < 1.29 is 4.79 Å². The van der Waals surface area contributed by atoms with Crippen LogP contribution in [0, 0.1) is 5.92 Å². The van der Waals surface area contributed by atoms with Crippen LogP contribution in [0.2, 0.25) is 0 Å². The first-order valence-corrected chi connectivity index (χ1v) is 7.00. The summed E-state index contributed by atoms with van der Waals surface area (Å²) in [6.07, 6.45) is 3.93. The van der Waals surface area contributed by atoms with Crippen LogP contribution < -0.4 is 5.32 Å².